The Bertz CT molecular complexity index is 429. The average molecular weight is 311 g/mol. The van der Waals surface area contributed by atoms with Crippen LogP contribution in [0.4, 0.5) is 5.69 Å². The highest BCUT2D eigenvalue weighted by Gasteiger charge is 2.32. The van der Waals surface area contributed by atoms with E-state index < -0.39 is 0 Å². The maximum atomic E-state index is 3.58. The number of hydrogen-bond donors (Lipinski definition) is 1. The van der Waals surface area contributed by atoms with Crippen LogP contribution >= 0.6 is 15.9 Å². The van der Waals surface area contributed by atoms with Crippen molar-refractivity contribution in [2.45, 2.75) is 45.7 Å². The van der Waals surface area contributed by atoms with Crippen molar-refractivity contribution in [2.24, 2.45) is 0 Å². The molecule has 0 amide bonds. The van der Waals surface area contributed by atoms with Gasteiger partial charge in [0.2, 0.25) is 0 Å². The summed E-state index contributed by atoms with van der Waals surface area (Å²) in [5, 5.41) is 3.54. The molecular formula is C15H23BrN2. The zero-order chi connectivity index (χ0) is 13.3. The summed E-state index contributed by atoms with van der Waals surface area (Å²) in [7, 11) is 0. The lowest BCUT2D eigenvalue weighted by molar-refractivity contribution is 0.433. The molecule has 2 rings (SSSR count). The molecule has 1 aliphatic rings. The molecule has 0 bridgehead atoms. The predicted octanol–water partition coefficient (Wildman–Crippen LogP) is 3.72. The Morgan fingerprint density at radius 1 is 1.39 bits per heavy atom. The second-order valence-electron chi connectivity index (χ2n) is 5.93. The van der Waals surface area contributed by atoms with Crippen LogP contribution in [0.3, 0.4) is 0 Å². The number of benzene rings is 1. The first-order chi connectivity index (χ1) is 8.42. The Balaban J connectivity index is 2.40. The summed E-state index contributed by atoms with van der Waals surface area (Å²) >= 11 is 3.58. The van der Waals surface area contributed by atoms with Crippen LogP contribution in [0.2, 0.25) is 0 Å². The lowest BCUT2D eigenvalue weighted by atomic mass is 9.99. The smallest absolute Gasteiger partial charge is 0.0473 e. The van der Waals surface area contributed by atoms with Crippen molar-refractivity contribution >= 4 is 21.6 Å². The van der Waals surface area contributed by atoms with Gasteiger partial charge in [-0.1, -0.05) is 15.9 Å². The van der Waals surface area contributed by atoms with E-state index in [-0.39, 0.29) is 5.54 Å². The van der Waals surface area contributed by atoms with E-state index in [1.165, 1.54) is 22.1 Å². The molecule has 3 heteroatoms. The molecule has 1 unspecified atom stereocenters. The molecule has 1 heterocycles. The summed E-state index contributed by atoms with van der Waals surface area (Å²) in [6, 6.07) is 7.23. The molecule has 1 aliphatic heterocycles. The SMILES string of the molecule is Cc1cc(N2C(C)CCNCC2(C)C)ccc1Br. The fourth-order valence-electron chi connectivity index (χ4n) is 2.90. The van der Waals surface area contributed by atoms with Gasteiger partial charge in [0.25, 0.3) is 0 Å². The van der Waals surface area contributed by atoms with Crippen molar-refractivity contribution in [3.05, 3.63) is 28.2 Å². The number of nitrogens with one attached hydrogen (secondary N) is 1. The van der Waals surface area contributed by atoms with Crippen LogP contribution in [0.5, 0.6) is 0 Å². The van der Waals surface area contributed by atoms with Crippen molar-refractivity contribution in [1.82, 2.24) is 5.32 Å². The molecule has 0 aromatic heterocycles. The summed E-state index contributed by atoms with van der Waals surface area (Å²) in [4.78, 5) is 2.56. The maximum absolute atomic E-state index is 3.58. The molecule has 1 fully saturated rings. The zero-order valence-corrected chi connectivity index (χ0v) is 13.3. The van der Waals surface area contributed by atoms with E-state index in [1.807, 2.05) is 0 Å². The van der Waals surface area contributed by atoms with Crippen LogP contribution in [-0.2, 0) is 0 Å². The number of aryl methyl sites for hydroxylation is 1. The van der Waals surface area contributed by atoms with Gasteiger partial charge >= 0.3 is 0 Å². The number of halogens is 1. The topological polar surface area (TPSA) is 15.3 Å². The third-order valence-corrected chi connectivity index (χ3v) is 4.70. The van der Waals surface area contributed by atoms with E-state index in [4.69, 9.17) is 0 Å². The van der Waals surface area contributed by atoms with E-state index >= 15 is 0 Å². The standard InChI is InChI=1S/C15H23BrN2/c1-11-9-13(5-6-14(11)16)18-12(2)7-8-17-10-15(18,3)4/h5-6,9,12,17H,7-8,10H2,1-4H3. The van der Waals surface area contributed by atoms with Gasteiger partial charge in [-0.25, -0.2) is 0 Å². The van der Waals surface area contributed by atoms with Crippen molar-refractivity contribution < 1.29 is 0 Å². The highest BCUT2D eigenvalue weighted by molar-refractivity contribution is 9.10. The highest BCUT2D eigenvalue weighted by atomic mass is 79.9. The van der Waals surface area contributed by atoms with Gasteiger partial charge in [0.05, 0.1) is 0 Å². The van der Waals surface area contributed by atoms with Crippen molar-refractivity contribution in [1.29, 1.82) is 0 Å². The molecule has 1 N–H and O–H groups in total. The third-order valence-electron chi connectivity index (χ3n) is 3.81. The van der Waals surface area contributed by atoms with Crippen LogP contribution < -0.4 is 10.2 Å². The van der Waals surface area contributed by atoms with Crippen LogP contribution in [0, 0.1) is 6.92 Å². The molecule has 100 valence electrons. The second kappa shape index (κ2) is 5.22. The van der Waals surface area contributed by atoms with Crippen LogP contribution in [0.25, 0.3) is 0 Å². The fraction of sp³-hybridized carbons (Fsp3) is 0.600. The molecule has 18 heavy (non-hydrogen) atoms. The highest BCUT2D eigenvalue weighted by Crippen LogP contribution is 2.31. The van der Waals surface area contributed by atoms with Gasteiger partial charge in [-0.3, -0.25) is 0 Å². The van der Waals surface area contributed by atoms with Gasteiger partial charge in [0.15, 0.2) is 0 Å². The fourth-order valence-corrected chi connectivity index (χ4v) is 3.15. The van der Waals surface area contributed by atoms with Gasteiger partial charge in [0.1, 0.15) is 0 Å². The third kappa shape index (κ3) is 2.72. The van der Waals surface area contributed by atoms with Gasteiger partial charge in [-0.15, -0.1) is 0 Å². The molecule has 1 aromatic carbocycles. The molecule has 2 nitrogen and oxygen atoms in total. The Kier molecular flexibility index (Phi) is 4.02. The monoisotopic (exact) mass is 310 g/mol. The molecule has 1 aromatic rings. The van der Waals surface area contributed by atoms with E-state index in [0.717, 1.165) is 13.1 Å². The predicted molar refractivity (Wildman–Crippen MR) is 82.4 cm³/mol. The summed E-state index contributed by atoms with van der Waals surface area (Å²) in [5.74, 6) is 0. The number of hydrogen-bond acceptors (Lipinski definition) is 2. The van der Waals surface area contributed by atoms with E-state index in [9.17, 15) is 0 Å². The lowest BCUT2D eigenvalue weighted by Crippen LogP contribution is -2.52. The van der Waals surface area contributed by atoms with Crippen molar-refractivity contribution in [2.75, 3.05) is 18.0 Å². The van der Waals surface area contributed by atoms with Crippen molar-refractivity contribution in [3.63, 3.8) is 0 Å². The average Bonchev–Trinajstić information content (AvgIpc) is 2.41. The van der Waals surface area contributed by atoms with Gasteiger partial charge in [0, 0.05) is 28.3 Å². The van der Waals surface area contributed by atoms with E-state index in [2.05, 4.69) is 72.0 Å². The minimum atomic E-state index is 0.149. The molecule has 1 atom stereocenters. The number of rotatable bonds is 1. The number of nitrogens with zero attached hydrogens (tertiary/aromatic N) is 1. The van der Waals surface area contributed by atoms with Crippen LogP contribution in [0.1, 0.15) is 32.8 Å². The molecule has 0 saturated carbocycles. The van der Waals surface area contributed by atoms with E-state index in [0.29, 0.717) is 6.04 Å². The van der Waals surface area contributed by atoms with Gasteiger partial charge < -0.3 is 10.2 Å². The minimum absolute atomic E-state index is 0.149. The Morgan fingerprint density at radius 2 is 2.11 bits per heavy atom. The quantitative estimate of drug-likeness (QED) is 0.850. The Hall–Kier alpha value is -0.540. The van der Waals surface area contributed by atoms with Gasteiger partial charge in [-0.2, -0.15) is 0 Å². The van der Waals surface area contributed by atoms with Crippen LogP contribution in [-0.4, -0.2) is 24.7 Å². The lowest BCUT2D eigenvalue weighted by Gasteiger charge is -2.43. The first-order valence-corrected chi connectivity index (χ1v) is 7.47. The Morgan fingerprint density at radius 3 is 2.78 bits per heavy atom. The molecular weight excluding hydrogens is 288 g/mol. The second-order valence-corrected chi connectivity index (χ2v) is 6.78. The normalized spacial score (nSPS) is 23.8. The largest absolute Gasteiger partial charge is 0.362 e. The summed E-state index contributed by atoms with van der Waals surface area (Å²) in [5.41, 5.74) is 2.78. The molecule has 1 saturated heterocycles. The molecule has 0 aliphatic carbocycles. The minimum Gasteiger partial charge on any atom is -0.362 e. The molecule has 0 radical (unpaired) electrons. The Labute approximate surface area is 119 Å². The summed E-state index contributed by atoms with van der Waals surface area (Å²) in [6.45, 7) is 11.3. The van der Waals surface area contributed by atoms with Gasteiger partial charge in [-0.05, 0) is 64.4 Å². The first kappa shape index (κ1) is 13.9. The zero-order valence-electron chi connectivity index (χ0n) is 11.8. The van der Waals surface area contributed by atoms with Crippen LogP contribution in [0.15, 0.2) is 22.7 Å². The summed E-state index contributed by atoms with van der Waals surface area (Å²) < 4.78 is 1.18. The summed E-state index contributed by atoms with van der Waals surface area (Å²) in [6.07, 6.45) is 1.19. The van der Waals surface area contributed by atoms with Crippen molar-refractivity contribution in [3.8, 4) is 0 Å². The first-order valence-electron chi connectivity index (χ1n) is 6.68. The maximum Gasteiger partial charge on any atom is 0.0473 e. The number of anilines is 1. The molecule has 0 spiro atoms. The van der Waals surface area contributed by atoms with E-state index in [1.54, 1.807) is 0 Å².